The summed E-state index contributed by atoms with van der Waals surface area (Å²) in [6.07, 6.45) is 1.00. The Morgan fingerprint density at radius 2 is 1.43 bits per heavy atom. The Labute approximate surface area is 169 Å². The summed E-state index contributed by atoms with van der Waals surface area (Å²) in [7, 11) is -7.40. The van der Waals surface area contributed by atoms with Gasteiger partial charge in [0, 0.05) is 5.56 Å². The number of anilines is 2. The summed E-state index contributed by atoms with van der Waals surface area (Å²) < 4.78 is 53.3. The van der Waals surface area contributed by atoms with Gasteiger partial charge >= 0.3 is 0 Å². The topological polar surface area (TPSA) is 92.3 Å². The number of hydrogen-bond donors (Lipinski definition) is 2. The normalized spacial score (nSPS) is 11.8. The van der Waals surface area contributed by atoms with E-state index in [-0.39, 0.29) is 21.3 Å². The summed E-state index contributed by atoms with van der Waals surface area (Å²) >= 11 is 6.08. The van der Waals surface area contributed by atoms with Crippen molar-refractivity contribution in [1.29, 1.82) is 0 Å². The number of nitrogens with one attached hydrogen (secondary N) is 2. The Hall–Kier alpha value is -2.55. The highest BCUT2D eigenvalue weighted by molar-refractivity contribution is 7.93. The highest BCUT2D eigenvalue weighted by Gasteiger charge is 2.19. The SMILES string of the molecule is CS(=O)(=O)Nc1ccc(NS(=O)(=O)c2ccccc2-c2ccccc2)cc1Cl. The van der Waals surface area contributed by atoms with E-state index in [0.717, 1.165) is 11.8 Å². The van der Waals surface area contributed by atoms with Gasteiger partial charge in [-0.05, 0) is 29.8 Å². The van der Waals surface area contributed by atoms with Crippen LogP contribution in [0.5, 0.6) is 0 Å². The number of rotatable bonds is 6. The fourth-order valence-corrected chi connectivity index (χ4v) is 4.77. The summed E-state index contributed by atoms with van der Waals surface area (Å²) in [6.45, 7) is 0. The number of hydrogen-bond acceptors (Lipinski definition) is 4. The van der Waals surface area contributed by atoms with Gasteiger partial charge in [-0.3, -0.25) is 9.44 Å². The molecule has 3 aromatic rings. The second-order valence-corrected chi connectivity index (χ2v) is 9.84. The maximum absolute atomic E-state index is 13.0. The summed E-state index contributed by atoms with van der Waals surface area (Å²) in [6, 6.07) is 20.0. The van der Waals surface area contributed by atoms with E-state index in [1.54, 1.807) is 18.2 Å². The van der Waals surface area contributed by atoms with Crippen molar-refractivity contribution in [3.05, 3.63) is 77.8 Å². The zero-order valence-corrected chi connectivity index (χ0v) is 17.1. The molecule has 0 fully saturated rings. The number of halogens is 1. The van der Waals surface area contributed by atoms with Crippen molar-refractivity contribution in [3.8, 4) is 11.1 Å². The van der Waals surface area contributed by atoms with Gasteiger partial charge in [0.2, 0.25) is 10.0 Å². The molecular weight excluding hydrogens is 420 g/mol. The third-order valence-electron chi connectivity index (χ3n) is 3.78. The Bertz CT molecular complexity index is 1210. The Morgan fingerprint density at radius 1 is 0.786 bits per heavy atom. The average molecular weight is 437 g/mol. The van der Waals surface area contributed by atoms with E-state index in [9.17, 15) is 16.8 Å². The predicted octanol–water partition coefficient (Wildman–Crippen LogP) is 4.18. The van der Waals surface area contributed by atoms with Crippen molar-refractivity contribution >= 4 is 43.0 Å². The smallest absolute Gasteiger partial charge is 0.262 e. The quantitative estimate of drug-likeness (QED) is 0.606. The van der Waals surface area contributed by atoms with E-state index >= 15 is 0 Å². The van der Waals surface area contributed by atoms with Gasteiger partial charge in [0.05, 0.1) is 27.5 Å². The van der Waals surface area contributed by atoms with Crippen molar-refractivity contribution in [2.45, 2.75) is 4.90 Å². The lowest BCUT2D eigenvalue weighted by atomic mass is 10.1. The average Bonchev–Trinajstić information content (AvgIpc) is 2.63. The van der Waals surface area contributed by atoms with Crippen LogP contribution in [0.1, 0.15) is 0 Å². The van der Waals surface area contributed by atoms with Crippen LogP contribution in [0.3, 0.4) is 0 Å². The van der Waals surface area contributed by atoms with Gasteiger partial charge < -0.3 is 0 Å². The van der Waals surface area contributed by atoms with E-state index < -0.39 is 20.0 Å². The minimum Gasteiger partial charge on any atom is -0.282 e. The molecule has 0 radical (unpaired) electrons. The summed E-state index contributed by atoms with van der Waals surface area (Å²) in [5.41, 5.74) is 1.72. The third-order valence-corrected chi connectivity index (χ3v) is 6.12. The van der Waals surface area contributed by atoms with Gasteiger partial charge in [0.1, 0.15) is 0 Å². The Balaban J connectivity index is 1.95. The molecule has 0 spiro atoms. The van der Waals surface area contributed by atoms with Crippen LogP contribution >= 0.6 is 11.6 Å². The fourth-order valence-electron chi connectivity index (χ4n) is 2.63. The van der Waals surface area contributed by atoms with E-state index in [1.165, 1.54) is 24.3 Å². The van der Waals surface area contributed by atoms with E-state index in [4.69, 9.17) is 11.6 Å². The monoisotopic (exact) mass is 436 g/mol. The molecule has 0 bridgehead atoms. The van der Waals surface area contributed by atoms with Gasteiger partial charge in [-0.1, -0.05) is 60.1 Å². The molecule has 6 nitrogen and oxygen atoms in total. The fraction of sp³-hybridized carbons (Fsp3) is 0.0526. The first kappa shape index (κ1) is 20.2. The van der Waals surface area contributed by atoms with Crippen molar-refractivity contribution < 1.29 is 16.8 Å². The molecule has 3 aromatic carbocycles. The molecular formula is C19H17ClN2O4S2. The van der Waals surface area contributed by atoms with Crippen LogP contribution in [-0.2, 0) is 20.0 Å². The molecule has 0 unspecified atom stereocenters. The van der Waals surface area contributed by atoms with Gasteiger partial charge in [0.25, 0.3) is 10.0 Å². The van der Waals surface area contributed by atoms with Crippen LogP contribution in [0, 0.1) is 0 Å². The first-order chi connectivity index (χ1) is 13.2. The zero-order valence-electron chi connectivity index (χ0n) is 14.8. The molecule has 3 rings (SSSR count). The highest BCUT2D eigenvalue weighted by Crippen LogP contribution is 2.31. The lowest BCUT2D eigenvalue weighted by molar-refractivity contribution is 0.601. The highest BCUT2D eigenvalue weighted by atomic mass is 35.5. The molecule has 0 amide bonds. The van der Waals surface area contributed by atoms with Crippen LogP contribution in [-0.4, -0.2) is 23.1 Å². The van der Waals surface area contributed by atoms with Gasteiger partial charge in [0.15, 0.2) is 0 Å². The van der Waals surface area contributed by atoms with Crippen LogP contribution in [0.4, 0.5) is 11.4 Å². The summed E-state index contributed by atoms with van der Waals surface area (Å²) in [4.78, 5) is 0.121. The minimum absolute atomic E-state index is 0.0713. The molecule has 2 N–H and O–H groups in total. The summed E-state index contributed by atoms with van der Waals surface area (Å²) in [5.74, 6) is 0. The molecule has 0 aliphatic heterocycles. The molecule has 28 heavy (non-hydrogen) atoms. The molecule has 9 heteroatoms. The predicted molar refractivity (Wildman–Crippen MR) is 113 cm³/mol. The maximum atomic E-state index is 13.0. The van der Waals surface area contributed by atoms with E-state index in [0.29, 0.717) is 5.56 Å². The van der Waals surface area contributed by atoms with Crippen LogP contribution in [0.15, 0.2) is 77.7 Å². The zero-order chi connectivity index (χ0) is 20.4. The van der Waals surface area contributed by atoms with Crippen molar-refractivity contribution in [3.63, 3.8) is 0 Å². The second kappa shape index (κ2) is 7.83. The first-order valence-electron chi connectivity index (χ1n) is 8.10. The van der Waals surface area contributed by atoms with Gasteiger partial charge in [-0.25, -0.2) is 16.8 Å². The summed E-state index contributed by atoms with van der Waals surface area (Å²) in [5, 5.41) is 0.0713. The third kappa shape index (κ3) is 4.83. The molecule has 0 aromatic heterocycles. The minimum atomic E-state index is -3.90. The maximum Gasteiger partial charge on any atom is 0.262 e. The molecule has 0 aliphatic carbocycles. The Morgan fingerprint density at radius 3 is 2.07 bits per heavy atom. The lowest BCUT2D eigenvalue weighted by Crippen LogP contribution is -2.14. The van der Waals surface area contributed by atoms with Crippen LogP contribution in [0.25, 0.3) is 11.1 Å². The largest absolute Gasteiger partial charge is 0.282 e. The van der Waals surface area contributed by atoms with E-state index in [2.05, 4.69) is 9.44 Å². The second-order valence-electron chi connectivity index (χ2n) is 6.04. The molecule has 0 saturated carbocycles. The Kier molecular flexibility index (Phi) is 5.64. The van der Waals surface area contributed by atoms with Crippen LogP contribution < -0.4 is 9.44 Å². The number of benzene rings is 3. The molecule has 0 aliphatic rings. The standard InChI is InChI=1S/C19H17ClN2O4S2/c1-27(23,24)22-18-12-11-15(13-17(18)20)21-28(25,26)19-10-6-5-9-16(19)14-7-3-2-4-8-14/h2-13,21-22H,1H3. The van der Waals surface area contributed by atoms with Crippen molar-refractivity contribution in [2.75, 3.05) is 15.7 Å². The molecule has 0 atom stereocenters. The first-order valence-corrected chi connectivity index (χ1v) is 11.9. The molecule has 146 valence electrons. The van der Waals surface area contributed by atoms with Crippen molar-refractivity contribution in [2.24, 2.45) is 0 Å². The van der Waals surface area contributed by atoms with Crippen molar-refractivity contribution in [1.82, 2.24) is 0 Å². The van der Waals surface area contributed by atoms with E-state index in [1.807, 2.05) is 30.3 Å². The molecule has 0 saturated heterocycles. The van der Waals surface area contributed by atoms with Gasteiger partial charge in [-0.15, -0.1) is 0 Å². The molecule has 0 heterocycles. The van der Waals surface area contributed by atoms with Gasteiger partial charge in [-0.2, -0.15) is 0 Å². The number of sulfonamides is 2. The lowest BCUT2D eigenvalue weighted by Gasteiger charge is -2.14. The van der Waals surface area contributed by atoms with Crippen LogP contribution in [0.2, 0.25) is 5.02 Å².